The van der Waals surface area contributed by atoms with E-state index >= 15 is 0 Å². The molecule has 1 aromatic carbocycles. The van der Waals surface area contributed by atoms with Crippen molar-refractivity contribution in [1.82, 2.24) is 4.90 Å². The van der Waals surface area contributed by atoms with Crippen molar-refractivity contribution in [2.24, 2.45) is 17.8 Å². The van der Waals surface area contributed by atoms with Crippen LogP contribution in [0.2, 0.25) is 0 Å². The van der Waals surface area contributed by atoms with E-state index in [1.807, 2.05) is 18.2 Å². The van der Waals surface area contributed by atoms with Gasteiger partial charge >= 0.3 is 6.18 Å². The number of rotatable bonds is 6. The number of piperidine rings is 1. The molecule has 0 N–H and O–H groups in total. The Bertz CT molecular complexity index is 450. The van der Waals surface area contributed by atoms with Crippen LogP contribution in [0.25, 0.3) is 0 Å². The van der Waals surface area contributed by atoms with Gasteiger partial charge in [-0.3, -0.25) is 4.90 Å². The van der Waals surface area contributed by atoms with Gasteiger partial charge in [-0.15, -0.1) is 0 Å². The summed E-state index contributed by atoms with van der Waals surface area (Å²) in [5, 5.41) is 0. The second kappa shape index (κ2) is 5.97. The molecular weight excluding hydrogens is 279 g/mol. The molecule has 0 amide bonds. The van der Waals surface area contributed by atoms with Crippen LogP contribution in [-0.2, 0) is 11.3 Å². The van der Waals surface area contributed by atoms with Crippen LogP contribution < -0.4 is 0 Å². The zero-order chi connectivity index (χ0) is 14.9. The van der Waals surface area contributed by atoms with Crippen LogP contribution in [0.1, 0.15) is 12.0 Å². The van der Waals surface area contributed by atoms with Gasteiger partial charge in [0.2, 0.25) is 0 Å². The first-order valence-electron chi connectivity index (χ1n) is 7.44. The Morgan fingerprint density at radius 1 is 1.10 bits per heavy atom. The van der Waals surface area contributed by atoms with Crippen LogP contribution in [0.5, 0.6) is 0 Å². The molecule has 1 heterocycles. The fourth-order valence-corrected chi connectivity index (χ4v) is 3.36. The van der Waals surface area contributed by atoms with Gasteiger partial charge in [-0.2, -0.15) is 13.2 Å². The summed E-state index contributed by atoms with van der Waals surface area (Å²) >= 11 is 0. The number of benzene rings is 1. The molecule has 1 saturated carbocycles. The molecule has 1 aliphatic carbocycles. The minimum Gasteiger partial charge on any atom is -0.381 e. The van der Waals surface area contributed by atoms with Crippen LogP contribution >= 0.6 is 0 Å². The highest BCUT2D eigenvalue weighted by atomic mass is 19.4. The van der Waals surface area contributed by atoms with Gasteiger partial charge in [0.05, 0.1) is 19.6 Å². The molecule has 0 spiro atoms. The van der Waals surface area contributed by atoms with E-state index in [1.165, 1.54) is 5.56 Å². The monoisotopic (exact) mass is 299 g/mol. The van der Waals surface area contributed by atoms with Gasteiger partial charge in [-0.05, 0) is 23.3 Å². The third kappa shape index (κ3) is 3.98. The first kappa shape index (κ1) is 14.9. The van der Waals surface area contributed by atoms with Crippen molar-refractivity contribution in [1.29, 1.82) is 0 Å². The fourth-order valence-electron chi connectivity index (χ4n) is 3.36. The molecule has 3 rings (SSSR count). The first-order valence-corrected chi connectivity index (χ1v) is 7.44. The molecule has 2 fully saturated rings. The van der Waals surface area contributed by atoms with Gasteiger partial charge in [0.1, 0.15) is 0 Å². The molecule has 2 nitrogen and oxygen atoms in total. The van der Waals surface area contributed by atoms with Crippen molar-refractivity contribution in [3.05, 3.63) is 35.9 Å². The molecular formula is C16H20F3NO. The predicted molar refractivity (Wildman–Crippen MR) is 73.7 cm³/mol. The Labute approximate surface area is 122 Å². The van der Waals surface area contributed by atoms with E-state index in [0.717, 1.165) is 19.6 Å². The summed E-state index contributed by atoms with van der Waals surface area (Å²) in [4.78, 5) is 2.43. The van der Waals surface area contributed by atoms with E-state index in [0.29, 0.717) is 24.4 Å². The van der Waals surface area contributed by atoms with Crippen molar-refractivity contribution >= 4 is 0 Å². The van der Waals surface area contributed by atoms with Crippen molar-refractivity contribution in [2.75, 3.05) is 26.3 Å². The van der Waals surface area contributed by atoms with Gasteiger partial charge in [-0.25, -0.2) is 0 Å². The van der Waals surface area contributed by atoms with Crippen molar-refractivity contribution in [2.45, 2.75) is 19.1 Å². The molecule has 2 aliphatic rings. The van der Waals surface area contributed by atoms with Gasteiger partial charge in [0.15, 0.2) is 0 Å². The lowest BCUT2D eigenvalue weighted by atomic mass is 10.2. The molecule has 1 aliphatic heterocycles. The normalized spacial score (nSPS) is 28.6. The predicted octanol–water partition coefficient (Wildman–Crippen LogP) is 3.33. The Hall–Kier alpha value is -1.07. The summed E-state index contributed by atoms with van der Waals surface area (Å²) in [6.07, 6.45) is -4.94. The maximum Gasteiger partial charge on any atom is 0.391 e. The number of nitrogens with zero attached hydrogens (tertiary/aromatic N) is 1. The van der Waals surface area contributed by atoms with Gasteiger partial charge in [-0.1, -0.05) is 30.3 Å². The summed E-state index contributed by atoms with van der Waals surface area (Å²) in [7, 11) is 0. The molecule has 0 aromatic heterocycles. The summed E-state index contributed by atoms with van der Waals surface area (Å²) < 4.78 is 41.2. The summed E-state index contributed by atoms with van der Waals surface area (Å²) in [6.45, 7) is 3.35. The highest BCUT2D eigenvalue weighted by molar-refractivity contribution is 5.15. The lowest BCUT2D eigenvalue weighted by Gasteiger charge is -2.19. The molecule has 1 aromatic rings. The number of fused-ring (bicyclic) bond motifs is 1. The van der Waals surface area contributed by atoms with Gasteiger partial charge < -0.3 is 4.74 Å². The van der Waals surface area contributed by atoms with Crippen LogP contribution in [0.4, 0.5) is 13.2 Å². The quantitative estimate of drug-likeness (QED) is 0.747. The average molecular weight is 299 g/mol. The summed E-state index contributed by atoms with van der Waals surface area (Å²) in [5.74, 6) is 1.73. The highest BCUT2D eigenvalue weighted by Crippen LogP contribution is 2.52. The zero-order valence-corrected chi connectivity index (χ0v) is 11.9. The maximum absolute atomic E-state index is 12.0. The van der Waals surface area contributed by atoms with E-state index in [-0.39, 0.29) is 6.61 Å². The van der Waals surface area contributed by atoms with Crippen molar-refractivity contribution in [3.63, 3.8) is 0 Å². The standard InChI is InChI=1S/C16H20F3NO/c17-16(18,19)6-7-21-11-15-13-9-20(10-14(13)15)8-12-4-2-1-3-5-12/h1-5,13-15H,6-11H2/t13-,14+,15+. The van der Waals surface area contributed by atoms with Crippen molar-refractivity contribution in [3.8, 4) is 0 Å². The molecule has 1 saturated heterocycles. The van der Waals surface area contributed by atoms with E-state index in [9.17, 15) is 13.2 Å². The number of hydrogen-bond acceptors (Lipinski definition) is 2. The largest absolute Gasteiger partial charge is 0.391 e. The van der Waals surface area contributed by atoms with Crippen LogP contribution in [0.3, 0.4) is 0 Å². The number of hydrogen-bond donors (Lipinski definition) is 0. The van der Waals surface area contributed by atoms with Crippen LogP contribution in [-0.4, -0.2) is 37.4 Å². The molecule has 0 bridgehead atoms. The Morgan fingerprint density at radius 2 is 1.76 bits per heavy atom. The van der Waals surface area contributed by atoms with E-state index in [4.69, 9.17) is 4.74 Å². The lowest BCUT2D eigenvalue weighted by Crippen LogP contribution is -2.25. The Morgan fingerprint density at radius 3 is 2.38 bits per heavy atom. The molecule has 0 radical (unpaired) electrons. The van der Waals surface area contributed by atoms with Crippen LogP contribution in [0.15, 0.2) is 30.3 Å². The zero-order valence-electron chi connectivity index (χ0n) is 11.9. The van der Waals surface area contributed by atoms with E-state index in [2.05, 4.69) is 17.0 Å². The van der Waals surface area contributed by atoms with Crippen LogP contribution in [0, 0.1) is 17.8 Å². The third-order valence-electron chi connectivity index (χ3n) is 4.54. The molecule has 0 unspecified atom stereocenters. The smallest absolute Gasteiger partial charge is 0.381 e. The average Bonchev–Trinajstić information content (AvgIpc) is 2.88. The first-order chi connectivity index (χ1) is 10.0. The number of alkyl halides is 3. The highest BCUT2D eigenvalue weighted by Gasteiger charge is 2.55. The molecule has 5 heteroatoms. The van der Waals surface area contributed by atoms with Gasteiger partial charge in [0.25, 0.3) is 0 Å². The Kier molecular flexibility index (Phi) is 4.22. The second-order valence-corrected chi connectivity index (χ2v) is 6.11. The third-order valence-corrected chi connectivity index (χ3v) is 4.54. The van der Waals surface area contributed by atoms with E-state index in [1.54, 1.807) is 0 Å². The second-order valence-electron chi connectivity index (χ2n) is 6.11. The Balaban J connectivity index is 1.33. The minimum absolute atomic E-state index is 0.201. The SMILES string of the molecule is FC(F)(F)CCOC[C@@H]1[C@H]2CN(Cc3ccccc3)C[C@@H]12. The van der Waals surface area contributed by atoms with Gasteiger partial charge in [0, 0.05) is 19.6 Å². The van der Waals surface area contributed by atoms with E-state index < -0.39 is 12.6 Å². The topological polar surface area (TPSA) is 12.5 Å². The lowest BCUT2D eigenvalue weighted by molar-refractivity contribution is -0.145. The number of likely N-dealkylation sites (tertiary alicyclic amines) is 1. The maximum atomic E-state index is 12.0. The molecule has 116 valence electrons. The molecule has 3 atom stereocenters. The number of halogens is 3. The minimum atomic E-state index is -4.11. The summed E-state index contributed by atoms with van der Waals surface area (Å²) in [5.41, 5.74) is 1.32. The summed E-state index contributed by atoms with van der Waals surface area (Å²) in [6, 6.07) is 10.4. The number of ether oxygens (including phenoxy) is 1. The fraction of sp³-hybridized carbons (Fsp3) is 0.625. The van der Waals surface area contributed by atoms with Crippen molar-refractivity contribution < 1.29 is 17.9 Å². The molecule has 21 heavy (non-hydrogen) atoms.